The first kappa shape index (κ1) is 17.0. The Bertz CT molecular complexity index is 344. The normalized spacial score (nSPS) is 13.9. The van der Waals surface area contributed by atoms with Crippen molar-refractivity contribution in [2.75, 3.05) is 6.54 Å². The SMILES string of the molecule is C=CCCCCCC(NCCC)C(C)c1ccccc1. The van der Waals surface area contributed by atoms with Crippen molar-refractivity contribution in [2.45, 2.75) is 64.3 Å². The highest BCUT2D eigenvalue weighted by Crippen LogP contribution is 2.23. The second-order valence-corrected chi connectivity index (χ2v) is 5.69. The molecule has 0 aliphatic rings. The lowest BCUT2D eigenvalue weighted by molar-refractivity contribution is 0.408. The van der Waals surface area contributed by atoms with Crippen LogP contribution < -0.4 is 5.32 Å². The monoisotopic (exact) mass is 273 g/mol. The molecule has 0 aromatic heterocycles. The van der Waals surface area contributed by atoms with Gasteiger partial charge in [0.15, 0.2) is 0 Å². The molecule has 1 heteroatoms. The molecule has 112 valence electrons. The lowest BCUT2D eigenvalue weighted by Crippen LogP contribution is -2.34. The highest BCUT2D eigenvalue weighted by Gasteiger charge is 2.17. The first-order chi connectivity index (χ1) is 9.79. The maximum absolute atomic E-state index is 3.79. The molecule has 0 saturated heterocycles. The summed E-state index contributed by atoms with van der Waals surface area (Å²) in [6, 6.07) is 11.5. The molecule has 0 heterocycles. The van der Waals surface area contributed by atoms with Gasteiger partial charge in [-0.15, -0.1) is 6.58 Å². The summed E-state index contributed by atoms with van der Waals surface area (Å²) in [5, 5.41) is 3.74. The molecule has 0 amide bonds. The zero-order chi connectivity index (χ0) is 14.6. The number of benzene rings is 1. The quantitative estimate of drug-likeness (QED) is 0.426. The fraction of sp³-hybridized carbons (Fsp3) is 0.579. The van der Waals surface area contributed by atoms with Gasteiger partial charge in [-0.3, -0.25) is 0 Å². The third kappa shape index (κ3) is 6.38. The zero-order valence-corrected chi connectivity index (χ0v) is 13.3. The van der Waals surface area contributed by atoms with Crippen molar-refractivity contribution in [3.8, 4) is 0 Å². The molecule has 0 fully saturated rings. The van der Waals surface area contributed by atoms with Gasteiger partial charge in [-0.1, -0.05) is 63.1 Å². The largest absolute Gasteiger partial charge is 0.313 e. The molecular weight excluding hydrogens is 242 g/mol. The minimum absolute atomic E-state index is 0.585. The van der Waals surface area contributed by atoms with Crippen LogP contribution >= 0.6 is 0 Å². The third-order valence-electron chi connectivity index (χ3n) is 4.01. The standard InChI is InChI=1S/C19H31N/c1-4-6-7-8-12-15-19(20-16-5-2)17(3)18-13-10-9-11-14-18/h4,9-11,13-14,17,19-20H,1,5-8,12,15-16H2,2-3H3. The number of rotatable bonds is 11. The van der Waals surface area contributed by atoms with E-state index in [0.29, 0.717) is 12.0 Å². The fourth-order valence-electron chi connectivity index (χ4n) is 2.68. The summed E-state index contributed by atoms with van der Waals surface area (Å²) < 4.78 is 0. The Labute approximate surface area is 125 Å². The van der Waals surface area contributed by atoms with E-state index in [1.165, 1.54) is 37.7 Å². The summed E-state index contributed by atoms with van der Waals surface area (Å²) in [6.07, 6.45) is 9.57. The smallest absolute Gasteiger partial charge is 0.0133 e. The van der Waals surface area contributed by atoms with Gasteiger partial charge in [-0.05, 0) is 43.7 Å². The van der Waals surface area contributed by atoms with Crippen molar-refractivity contribution < 1.29 is 0 Å². The Hall–Kier alpha value is -1.08. The van der Waals surface area contributed by atoms with E-state index in [9.17, 15) is 0 Å². The Morgan fingerprint density at radius 3 is 2.55 bits per heavy atom. The summed E-state index contributed by atoms with van der Waals surface area (Å²) >= 11 is 0. The van der Waals surface area contributed by atoms with Crippen molar-refractivity contribution in [3.63, 3.8) is 0 Å². The molecule has 1 nitrogen and oxygen atoms in total. The van der Waals surface area contributed by atoms with Gasteiger partial charge in [0.2, 0.25) is 0 Å². The van der Waals surface area contributed by atoms with Gasteiger partial charge in [0.05, 0.1) is 0 Å². The van der Waals surface area contributed by atoms with Gasteiger partial charge in [0, 0.05) is 6.04 Å². The van der Waals surface area contributed by atoms with Crippen LogP contribution in [0.4, 0.5) is 0 Å². The Morgan fingerprint density at radius 2 is 1.90 bits per heavy atom. The van der Waals surface area contributed by atoms with Crippen molar-refractivity contribution in [1.29, 1.82) is 0 Å². The van der Waals surface area contributed by atoms with Crippen molar-refractivity contribution >= 4 is 0 Å². The van der Waals surface area contributed by atoms with E-state index in [-0.39, 0.29) is 0 Å². The first-order valence-electron chi connectivity index (χ1n) is 8.18. The molecule has 1 aromatic carbocycles. The number of nitrogens with one attached hydrogen (secondary N) is 1. The lowest BCUT2D eigenvalue weighted by Gasteiger charge is -2.26. The summed E-state index contributed by atoms with van der Waals surface area (Å²) in [5.41, 5.74) is 1.45. The van der Waals surface area contributed by atoms with E-state index in [2.05, 4.69) is 56.1 Å². The van der Waals surface area contributed by atoms with E-state index >= 15 is 0 Å². The minimum atomic E-state index is 0.585. The Morgan fingerprint density at radius 1 is 1.15 bits per heavy atom. The maximum atomic E-state index is 3.79. The number of hydrogen-bond donors (Lipinski definition) is 1. The molecule has 20 heavy (non-hydrogen) atoms. The molecule has 0 spiro atoms. The fourth-order valence-corrected chi connectivity index (χ4v) is 2.68. The molecule has 1 aromatic rings. The average Bonchev–Trinajstić information content (AvgIpc) is 2.50. The van der Waals surface area contributed by atoms with Crippen molar-refractivity contribution in [2.24, 2.45) is 0 Å². The number of hydrogen-bond acceptors (Lipinski definition) is 1. The lowest BCUT2D eigenvalue weighted by atomic mass is 9.89. The van der Waals surface area contributed by atoms with Crippen LogP contribution in [0.15, 0.2) is 43.0 Å². The van der Waals surface area contributed by atoms with Crippen LogP contribution in [0.2, 0.25) is 0 Å². The summed E-state index contributed by atoms with van der Waals surface area (Å²) in [6.45, 7) is 9.50. The summed E-state index contributed by atoms with van der Waals surface area (Å²) in [4.78, 5) is 0. The van der Waals surface area contributed by atoms with Crippen LogP contribution in [0, 0.1) is 0 Å². The molecule has 0 bridgehead atoms. The predicted molar refractivity (Wildman–Crippen MR) is 90.2 cm³/mol. The van der Waals surface area contributed by atoms with Gasteiger partial charge < -0.3 is 5.32 Å². The van der Waals surface area contributed by atoms with Crippen molar-refractivity contribution in [3.05, 3.63) is 48.6 Å². The molecule has 0 aliphatic heterocycles. The van der Waals surface area contributed by atoms with Gasteiger partial charge in [-0.2, -0.15) is 0 Å². The van der Waals surface area contributed by atoms with Crippen LogP contribution in [0.1, 0.15) is 63.9 Å². The van der Waals surface area contributed by atoms with E-state index in [1.54, 1.807) is 0 Å². The first-order valence-corrected chi connectivity index (χ1v) is 8.18. The second kappa shape index (κ2) is 10.7. The molecule has 2 atom stereocenters. The van der Waals surface area contributed by atoms with E-state index in [1.807, 2.05) is 6.08 Å². The van der Waals surface area contributed by atoms with Crippen molar-refractivity contribution in [1.82, 2.24) is 5.32 Å². The maximum Gasteiger partial charge on any atom is 0.0133 e. The number of allylic oxidation sites excluding steroid dienone is 1. The van der Waals surface area contributed by atoms with Gasteiger partial charge >= 0.3 is 0 Å². The van der Waals surface area contributed by atoms with E-state index in [0.717, 1.165) is 13.0 Å². The molecule has 1 N–H and O–H groups in total. The van der Waals surface area contributed by atoms with E-state index < -0.39 is 0 Å². The molecule has 1 rings (SSSR count). The van der Waals surface area contributed by atoms with Crippen LogP contribution in [0.3, 0.4) is 0 Å². The summed E-state index contributed by atoms with van der Waals surface area (Å²) in [5.74, 6) is 0.585. The Balaban J connectivity index is 2.47. The Kier molecular flexibility index (Phi) is 9.06. The van der Waals surface area contributed by atoms with Crippen LogP contribution in [0.25, 0.3) is 0 Å². The minimum Gasteiger partial charge on any atom is -0.313 e. The molecule has 0 aliphatic carbocycles. The second-order valence-electron chi connectivity index (χ2n) is 5.69. The number of unbranched alkanes of at least 4 members (excludes halogenated alkanes) is 3. The van der Waals surface area contributed by atoms with Crippen LogP contribution in [0.5, 0.6) is 0 Å². The third-order valence-corrected chi connectivity index (χ3v) is 4.01. The molecule has 0 radical (unpaired) electrons. The van der Waals surface area contributed by atoms with Gasteiger partial charge in [0.25, 0.3) is 0 Å². The van der Waals surface area contributed by atoms with Crippen LogP contribution in [-0.2, 0) is 0 Å². The average molecular weight is 273 g/mol. The summed E-state index contributed by atoms with van der Waals surface area (Å²) in [7, 11) is 0. The van der Waals surface area contributed by atoms with Gasteiger partial charge in [0.1, 0.15) is 0 Å². The molecule has 2 unspecified atom stereocenters. The van der Waals surface area contributed by atoms with E-state index in [4.69, 9.17) is 0 Å². The molecular formula is C19H31N. The topological polar surface area (TPSA) is 12.0 Å². The highest BCUT2D eigenvalue weighted by atomic mass is 14.9. The zero-order valence-electron chi connectivity index (χ0n) is 13.3. The highest BCUT2D eigenvalue weighted by molar-refractivity contribution is 5.20. The molecule has 0 saturated carbocycles. The van der Waals surface area contributed by atoms with Gasteiger partial charge in [-0.25, -0.2) is 0 Å². The predicted octanol–water partition coefficient (Wildman–Crippen LogP) is 5.29. The van der Waals surface area contributed by atoms with Crippen LogP contribution in [-0.4, -0.2) is 12.6 Å².